The molecular formula is C17H20O4. The fraction of sp³-hybridized carbons (Fsp3) is 0.471. The lowest BCUT2D eigenvalue weighted by Gasteiger charge is -2.44. The van der Waals surface area contributed by atoms with Crippen molar-refractivity contribution in [3.05, 3.63) is 35.9 Å². The van der Waals surface area contributed by atoms with Gasteiger partial charge in [-0.2, -0.15) is 0 Å². The maximum absolute atomic E-state index is 12.3. The molecule has 0 unspecified atom stereocenters. The van der Waals surface area contributed by atoms with Gasteiger partial charge in [0.2, 0.25) is 0 Å². The number of carbonyl (C=O) groups excluding carboxylic acids is 3. The Morgan fingerprint density at radius 1 is 1.14 bits per heavy atom. The number of Topliss-reactive ketones (excluding diaryl/α,β-unsaturated/α-hetero) is 3. The zero-order valence-corrected chi connectivity index (χ0v) is 12.5. The zero-order chi connectivity index (χ0) is 15.8. The van der Waals surface area contributed by atoms with Gasteiger partial charge in [0.15, 0.2) is 0 Å². The summed E-state index contributed by atoms with van der Waals surface area (Å²) < 4.78 is 0. The van der Waals surface area contributed by atoms with E-state index in [0.717, 1.165) is 5.56 Å². The van der Waals surface area contributed by atoms with Crippen LogP contribution in [0.4, 0.5) is 0 Å². The summed E-state index contributed by atoms with van der Waals surface area (Å²) in [5.41, 5.74) is -0.679. The number of rotatable bonds is 3. The van der Waals surface area contributed by atoms with Crippen LogP contribution in [0.2, 0.25) is 0 Å². The SMILES string of the molecule is CC(=O)[C@@H]1C(=O)C[C@](C)(O)[C@@H](C(C)=O)[C@H]1c1ccccc1. The summed E-state index contributed by atoms with van der Waals surface area (Å²) in [6.07, 6.45) is -0.162. The second-order valence-corrected chi connectivity index (χ2v) is 6.11. The first-order valence-electron chi connectivity index (χ1n) is 7.06. The molecule has 0 amide bonds. The van der Waals surface area contributed by atoms with Crippen LogP contribution in [-0.2, 0) is 14.4 Å². The van der Waals surface area contributed by atoms with Crippen LogP contribution in [0.25, 0.3) is 0 Å². The smallest absolute Gasteiger partial charge is 0.146 e. The molecule has 0 heterocycles. The maximum Gasteiger partial charge on any atom is 0.146 e. The molecule has 0 aromatic heterocycles. The first kappa shape index (κ1) is 15.6. The van der Waals surface area contributed by atoms with Gasteiger partial charge >= 0.3 is 0 Å². The Morgan fingerprint density at radius 2 is 1.71 bits per heavy atom. The Kier molecular flexibility index (Phi) is 4.10. The van der Waals surface area contributed by atoms with Crippen molar-refractivity contribution in [3.63, 3.8) is 0 Å². The molecular weight excluding hydrogens is 268 g/mol. The molecule has 2 rings (SSSR count). The lowest BCUT2D eigenvalue weighted by Crippen LogP contribution is -2.53. The van der Waals surface area contributed by atoms with Crippen molar-refractivity contribution in [1.82, 2.24) is 0 Å². The molecule has 0 radical (unpaired) electrons. The van der Waals surface area contributed by atoms with Crippen LogP contribution in [0, 0.1) is 11.8 Å². The first-order valence-corrected chi connectivity index (χ1v) is 7.06. The summed E-state index contributed by atoms with van der Waals surface area (Å²) in [6.45, 7) is 4.28. The third-order valence-electron chi connectivity index (χ3n) is 4.33. The van der Waals surface area contributed by atoms with Gasteiger partial charge in [-0.15, -0.1) is 0 Å². The van der Waals surface area contributed by atoms with Gasteiger partial charge in [-0.1, -0.05) is 30.3 Å². The molecule has 4 nitrogen and oxygen atoms in total. The predicted molar refractivity (Wildman–Crippen MR) is 77.8 cm³/mol. The number of ketones is 3. The monoisotopic (exact) mass is 288 g/mol. The van der Waals surface area contributed by atoms with Crippen LogP contribution >= 0.6 is 0 Å². The maximum atomic E-state index is 12.3. The molecule has 1 aromatic rings. The molecule has 112 valence electrons. The van der Waals surface area contributed by atoms with Crippen molar-refractivity contribution in [1.29, 1.82) is 0 Å². The molecule has 1 aromatic carbocycles. The van der Waals surface area contributed by atoms with Gasteiger partial charge < -0.3 is 5.11 Å². The topological polar surface area (TPSA) is 71.4 Å². The quantitative estimate of drug-likeness (QED) is 0.862. The lowest BCUT2D eigenvalue weighted by atomic mass is 9.60. The van der Waals surface area contributed by atoms with Crippen molar-refractivity contribution >= 4 is 17.3 Å². The molecule has 0 saturated heterocycles. The van der Waals surface area contributed by atoms with Gasteiger partial charge in [0.05, 0.1) is 17.4 Å². The van der Waals surface area contributed by atoms with E-state index in [0.29, 0.717) is 0 Å². The van der Waals surface area contributed by atoms with Crippen LogP contribution < -0.4 is 0 Å². The predicted octanol–water partition coefficient (Wildman–Crippen LogP) is 1.90. The van der Waals surface area contributed by atoms with Gasteiger partial charge in [-0.05, 0) is 26.3 Å². The van der Waals surface area contributed by atoms with E-state index >= 15 is 0 Å². The summed E-state index contributed by atoms with van der Waals surface area (Å²) in [6, 6.07) is 9.03. The highest BCUT2D eigenvalue weighted by Gasteiger charge is 2.53. The highest BCUT2D eigenvalue weighted by molar-refractivity contribution is 6.05. The second kappa shape index (κ2) is 5.53. The van der Waals surface area contributed by atoms with E-state index in [1.165, 1.54) is 20.8 Å². The summed E-state index contributed by atoms with van der Waals surface area (Å²) in [7, 11) is 0. The average Bonchev–Trinajstić information content (AvgIpc) is 2.36. The third kappa shape index (κ3) is 2.81. The lowest BCUT2D eigenvalue weighted by molar-refractivity contribution is -0.151. The number of carbonyl (C=O) groups is 3. The molecule has 1 saturated carbocycles. The van der Waals surface area contributed by atoms with Crippen molar-refractivity contribution < 1.29 is 19.5 Å². The fourth-order valence-electron chi connectivity index (χ4n) is 3.58. The molecule has 21 heavy (non-hydrogen) atoms. The standard InChI is InChI=1S/C17H20O4/c1-10(18)14-13(20)9-17(3,21)16(11(2)19)15(14)12-7-5-4-6-8-12/h4-8,14-16,21H,9H2,1-3H3/t14-,15+,16+,17+/m1/s1. The van der Waals surface area contributed by atoms with Gasteiger partial charge in [0, 0.05) is 12.3 Å². The van der Waals surface area contributed by atoms with E-state index in [4.69, 9.17) is 0 Å². The molecule has 0 bridgehead atoms. The van der Waals surface area contributed by atoms with E-state index in [1.807, 2.05) is 6.07 Å². The Hall–Kier alpha value is -1.81. The molecule has 0 spiro atoms. The number of hydrogen-bond donors (Lipinski definition) is 1. The van der Waals surface area contributed by atoms with Crippen LogP contribution in [0.3, 0.4) is 0 Å². The van der Waals surface area contributed by atoms with E-state index in [2.05, 4.69) is 0 Å². The summed E-state index contributed by atoms with van der Waals surface area (Å²) >= 11 is 0. The van der Waals surface area contributed by atoms with Crippen LogP contribution in [-0.4, -0.2) is 28.1 Å². The summed E-state index contributed by atoms with van der Waals surface area (Å²) in [5, 5.41) is 10.6. The number of benzene rings is 1. The minimum absolute atomic E-state index is 0.162. The number of aliphatic hydroxyl groups is 1. The van der Waals surface area contributed by atoms with Crippen LogP contribution in [0.1, 0.15) is 38.7 Å². The first-order chi connectivity index (χ1) is 9.75. The number of hydrogen-bond acceptors (Lipinski definition) is 4. The van der Waals surface area contributed by atoms with Gasteiger partial charge in [-0.3, -0.25) is 14.4 Å². The summed E-state index contributed by atoms with van der Waals surface area (Å²) in [4.78, 5) is 36.4. The largest absolute Gasteiger partial charge is 0.389 e. The van der Waals surface area contributed by atoms with Crippen molar-refractivity contribution in [2.75, 3.05) is 0 Å². The fourth-order valence-corrected chi connectivity index (χ4v) is 3.58. The molecule has 1 fully saturated rings. The minimum atomic E-state index is -1.42. The third-order valence-corrected chi connectivity index (χ3v) is 4.33. The molecule has 4 atom stereocenters. The molecule has 0 aliphatic heterocycles. The molecule has 1 aliphatic rings. The minimum Gasteiger partial charge on any atom is -0.389 e. The van der Waals surface area contributed by atoms with E-state index in [1.54, 1.807) is 24.3 Å². The van der Waals surface area contributed by atoms with Gasteiger partial charge in [-0.25, -0.2) is 0 Å². The zero-order valence-electron chi connectivity index (χ0n) is 12.5. The summed E-state index contributed by atoms with van der Waals surface area (Å²) in [5.74, 6) is -2.97. The van der Waals surface area contributed by atoms with Crippen LogP contribution in [0.15, 0.2) is 30.3 Å². The van der Waals surface area contributed by atoms with Crippen molar-refractivity contribution in [2.45, 2.75) is 38.7 Å². The van der Waals surface area contributed by atoms with E-state index in [9.17, 15) is 19.5 Å². The highest BCUT2D eigenvalue weighted by atomic mass is 16.3. The Bertz CT molecular complexity index is 574. The average molecular weight is 288 g/mol. The van der Waals surface area contributed by atoms with Crippen LogP contribution in [0.5, 0.6) is 0 Å². The molecule has 1 N–H and O–H groups in total. The second-order valence-electron chi connectivity index (χ2n) is 6.11. The Balaban J connectivity index is 2.61. The molecule has 4 heteroatoms. The van der Waals surface area contributed by atoms with E-state index in [-0.39, 0.29) is 23.8 Å². The van der Waals surface area contributed by atoms with Gasteiger partial charge in [0.1, 0.15) is 17.3 Å². The highest BCUT2D eigenvalue weighted by Crippen LogP contribution is 2.46. The van der Waals surface area contributed by atoms with E-state index < -0.39 is 23.4 Å². The Labute approximate surface area is 124 Å². The normalized spacial score (nSPS) is 32.8. The Morgan fingerprint density at radius 3 is 2.19 bits per heavy atom. The molecule has 1 aliphatic carbocycles. The van der Waals surface area contributed by atoms with Gasteiger partial charge in [0.25, 0.3) is 0 Å². The van der Waals surface area contributed by atoms with Crippen molar-refractivity contribution in [3.8, 4) is 0 Å². The van der Waals surface area contributed by atoms with Crippen molar-refractivity contribution in [2.24, 2.45) is 11.8 Å².